The lowest BCUT2D eigenvalue weighted by molar-refractivity contribution is 0.266. The first-order valence-electron chi connectivity index (χ1n) is 7.99. The van der Waals surface area contributed by atoms with E-state index in [0.717, 1.165) is 13.1 Å². The Morgan fingerprint density at radius 3 is 2.25 bits per heavy atom. The van der Waals surface area contributed by atoms with Gasteiger partial charge in [0.15, 0.2) is 0 Å². The maximum Gasteiger partial charge on any atom is 0.0322 e. The average molecular weight is 276 g/mol. The molecule has 0 radical (unpaired) electrons. The Hall–Kier alpha value is -0.860. The number of nitrogens with zero attached hydrogens (tertiary/aromatic N) is 1. The van der Waals surface area contributed by atoms with Crippen LogP contribution in [0.25, 0.3) is 0 Å². The summed E-state index contributed by atoms with van der Waals surface area (Å²) >= 11 is 0. The third-order valence-corrected chi connectivity index (χ3v) is 3.87. The molecule has 0 bridgehead atoms. The van der Waals surface area contributed by atoms with Crippen molar-refractivity contribution in [3.8, 4) is 0 Å². The Labute approximate surface area is 125 Å². The van der Waals surface area contributed by atoms with Crippen LogP contribution in [0.1, 0.15) is 52.1 Å². The number of rotatable bonds is 9. The van der Waals surface area contributed by atoms with Crippen LogP contribution in [0.4, 0.5) is 0 Å². The van der Waals surface area contributed by atoms with Crippen LogP contribution >= 0.6 is 0 Å². The summed E-state index contributed by atoms with van der Waals surface area (Å²) < 4.78 is 0. The molecule has 1 aromatic rings. The molecule has 0 spiro atoms. The molecule has 0 amide bonds. The van der Waals surface area contributed by atoms with Gasteiger partial charge in [0, 0.05) is 12.1 Å². The maximum absolute atomic E-state index is 3.73. The van der Waals surface area contributed by atoms with Crippen LogP contribution in [0.5, 0.6) is 0 Å². The van der Waals surface area contributed by atoms with Gasteiger partial charge in [-0.25, -0.2) is 0 Å². The van der Waals surface area contributed by atoms with Crippen molar-refractivity contribution in [1.82, 2.24) is 10.2 Å². The molecular formula is C18H32N2. The molecule has 20 heavy (non-hydrogen) atoms. The molecule has 1 atom stereocenters. The standard InChI is InChI=1S/C18H32N2/c1-15(2)14-18(17-10-7-6-8-11-17)19-12-9-13-20(5)16(3)4/h6-8,10-11,15-16,18-19H,9,12-14H2,1-5H3. The Kier molecular flexibility index (Phi) is 7.86. The smallest absolute Gasteiger partial charge is 0.0322 e. The van der Waals surface area contributed by atoms with E-state index in [4.69, 9.17) is 0 Å². The lowest BCUT2D eigenvalue weighted by Gasteiger charge is -2.24. The molecular weight excluding hydrogens is 244 g/mol. The SMILES string of the molecule is CC(C)CC(NCCCN(C)C(C)C)c1ccccc1. The van der Waals surface area contributed by atoms with Crippen LogP contribution in [-0.2, 0) is 0 Å². The van der Waals surface area contributed by atoms with Gasteiger partial charge in [-0.2, -0.15) is 0 Å². The quantitative estimate of drug-likeness (QED) is 0.683. The summed E-state index contributed by atoms with van der Waals surface area (Å²) in [6.45, 7) is 11.3. The van der Waals surface area contributed by atoms with Crippen LogP contribution in [0.2, 0.25) is 0 Å². The van der Waals surface area contributed by atoms with Crippen LogP contribution in [0.15, 0.2) is 30.3 Å². The molecule has 1 aromatic carbocycles. The van der Waals surface area contributed by atoms with Crippen LogP contribution in [-0.4, -0.2) is 31.1 Å². The molecule has 0 heterocycles. The zero-order valence-corrected chi connectivity index (χ0v) is 13.9. The van der Waals surface area contributed by atoms with Crippen molar-refractivity contribution in [2.24, 2.45) is 5.92 Å². The van der Waals surface area contributed by atoms with Gasteiger partial charge in [-0.05, 0) is 58.3 Å². The molecule has 0 fully saturated rings. The Morgan fingerprint density at radius 1 is 1.05 bits per heavy atom. The van der Waals surface area contributed by atoms with Gasteiger partial charge in [0.25, 0.3) is 0 Å². The van der Waals surface area contributed by atoms with E-state index >= 15 is 0 Å². The minimum Gasteiger partial charge on any atom is -0.310 e. The fourth-order valence-electron chi connectivity index (χ4n) is 2.36. The molecule has 0 aromatic heterocycles. The van der Waals surface area contributed by atoms with Crippen molar-refractivity contribution in [3.63, 3.8) is 0 Å². The van der Waals surface area contributed by atoms with Gasteiger partial charge in [0.2, 0.25) is 0 Å². The normalized spacial score (nSPS) is 13.4. The highest BCUT2D eigenvalue weighted by molar-refractivity contribution is 5.18. The lowest BCUT2D eigenvalue weighted by atomic mass is 9.97. The van der Waals surface area contributed by atoms with Crippen molar-refractivity contribution in [1.29, 1.82) is 0 Å². The molecule has 0 saturated carbocycles. The predicted molar refractivity (Wildman–Crippen MR) is 89.0 cm³/mol. The van der Waals surface area contributed by atoms with Gasteiger partial charge in [-0.3, -0.25) is 0 Å². The van der Waals surface area contributed by atoms with E-state index in [1.54, 1.807) is 0 Å². The van der Waals surface area contributed by atoms with Crippen molar-refractivity contribution >= 4 is 0 Å². The molecule has 2 nitrogen and oxygen atoms in total. The van der Waals surface area contributed by atoms with Crippen LogP contribution < -0.4 is 5.32 Å². The summed E-state index contributed by atoms with van der Waals surface area (Å²) in [4.78, 5) is 2.40. The highest BCUT2D eigenvalue weighted by Crippen LogP contribution is 2.20. The summed E-state index contributed by atoms with van der Waals surface area (Å²) in [5.41, 5.74) is 1.42. The number of hydrogen-bond donors (Lipinski definition) is 1. The van der Waals surface area contributed by atoms with E-state index in [-0.39, 0.29) is 0 Å². The van der Waals surface area contributed by atoms with Gasteiger partial charge >= 0.3 is 0 Å². The Bertz CT molecular complexity index is 346. The van der Waals surface area contributed by atoms with E-state index in [0.29, 0.717) is 18.0 Å². The first-order chi connectivity index (χ1) is 9.50. The van der Waals surface area contributed by atoms with Crippen molar-refractivity contribution < 1.29 is 0 Å². The zero-order valence-electron chi connectivity index (χ0n) is 13.9. The number of nitrogens with one attached hydrogen (secondary N) is 1. The minimum atomic E-state index is 0.487. The van der Waals surface area contributed by atoms with E-state index < -0.39 is 0 Å². The van der Waals surface area contributed by atoms with E-state index in [1.165, 1.54) is 18.4 Å². The Morgan fingerprint density at radius 2 is 1.70 bits per heavy atom. The molecule has 0 aliphatic carbocycles. The molecule has 114 valence electrons. The van der Waals surface area contributed by atoms with Gasteiger partial charge in [-0.1, -0.05) is 44.2 Å². The van der Waals surface area contributed by atoms with E-state index in [9.17, 15) is 0 Å². The average Bonchev–Trinajstić information content (AvgIpc) is 2.42. The molecule has 1 N–H and O–H groups in total. The molecule has 0 saturated heterocycles. The first-order valence-corrected chi connectivity index (χ1v) is 7.99. The largest absolute Gasteiger partial charge is 0.310 e. The summed E-state index contributed by atoms with van der Waals surface area (Å²) in [7, 11) is 2.20. The van der Waals surface area contributed by atoms with Crippen LogP contribution in [0.3, 0.4) is 0 Å². The summed E-state index contributed by atoms with van der Waals surface area (Å²) in [6, 6.07) is 12.0. The second kappa shape index (κ2) is 9.15. The van der Waals surface area contributed by atoms with Gasteiger partial charge in [-0.15, -0.1) is 0 Å². The van der Waals surface area contributed by atoms with Gasteiger partial charge in [0.05, 0.1) is 0 Å². The molecule has 0 aliphatic heterocycles. The zero-order chi connectivity index (χ0) is 15.0. The topological polar surface area (TPSA) is 15.3 Å². The van der Waals surface area contributed by atoms with Crippen molar-refractivity contribution in [3.05, 3.63) is 35.9 Å². The van der Waals surface area contributed by atoms with Crippen LogP contribution in [0, 0.1) is 5.92 Å². The van der Waals surface area contributed by atoms with Crippen molar-refractivity contribution in [2.75, 3.05) is 20.1 Å². The lowest BCUT2D eigenvalue weighted by Crippen LogP contribution is -2.31. The van der Waals surface area contributed by atoms with Gasteiger partial charge in [0.1, 0.15) is 0 Å². The second-order valence-corrected chi connectivity index (χ2v) is 6.47. The predicted octanol–water partition coefficient (Wildman–Crippen LogP) is 4.09. The number of hydrogen-bond acceptors (Lipinski definition) is 2. The third-order valence-electron chi connectivity index (χ3n) is 3.87. The fraction of sp³-hybridized carbons (Fsp3) is 0.667. The Balaban J connectivity index is 2.42. The van der Waals surface area contributed by atoms with Gasteiger partial charge < -0.3 is 10.2 Å². The number of benzene rings is 1. The minimum absolute atomic E-state index is 0.487. The van der Waals surface area contributed by atoms with Crippen molar-refractivity contribution in [2.45, 2.75) is 52.6 Å². The molecule has 1 rings (SSSR count). The third kappa shape index (κ3) is 6.53. The summed E-state index contributed by atoms with van der Waals surface area (Å²) in [6.07, 6.45) is 2.40. The summed E-state index contributed by atoms with van der Waals surface area (Å²) in [5, 5.41) is 3.73. The highest BCUT2D eigenvalue weighted by atomic mass is 15.1. The maximum atomic E-state index is 3.73. The molecule has 2 heteroatoms. The van der Waals surface area contributed by atoms with E-state index in [2.05, 4.69) is 75.3 Å². The fourth-order valence-corrected chi connectivity index (χ4v) is 2.36. The second-order valence-electron chi connectivity index (χ2n) is 6.47. The first kappa shape index (κ1) is 17.2. The molecule has 1 unspecified atom stereocenters. The van der Waals surface area contributed by atoms with E-state index in [1.807, 2.05) is 0 Å². The summed E-state index contributed by atoms with van der Waals surface area (Å²) in [5.74, 6) is 0.714. The molecule has 0 aliphatic rings. The monoisotopic (exact) mass is 276 g/mol. The highest BCUT2D eigenvalue weighted by Gasteiger charge is 2.12.